The summed E-state index contributed by atoms with van der Waals surface area (Å²) >= 11 is 0. The van der Waals surface area contributed by atoms with Gasteiger partial charge in [-0.05, 0) is 18.6 Å². The van der Waals surface area contributed by atoms with E-state index in [2.05, 4.69) is 15.2 Å². The molecule has 1 aromatic heterocycles. The maximum Gasteiger partial charge on any atom is 0.224 e. The van der Waals surface area contributed by atoms with Crippen molar-refractivity contribution in [3.63, 3.8) is 0 Å². The molecule has 0 N–H and O–H groups in total. The van der Waals surface area contributed by atoms with Crippen molar-refractivity contribution in [3.05, 3.63) is 23.9 Å². The van der Waals surface area contributed by atoms with Crippen LogP contribution in [0.4, 0.5) is 5.82 Å². The van der Waals surface area contributed by atoms with E-state index in [-0.39, 0.29) is 12.1 Å². The molecule has 0 saturated carbocycles. The molecule has 2 aliphatic heterocycles. The molecule has 3 rings (SSSR count). The summed E-state index contributed by atoms with van der Waals surface area (Å²) < 4.78 is 0. The lowest BCUT2D eigenvalue weighted by Crippen LogP contribution is -2.27. The van der Waals surface area contributed by atoms with E-state index in [0.29, 0.717) is 12.2 Å². The van der Waals surface area contributed by atoms with E-state index in [1.54, 1.807) is 11.1 Å². The molecule has 1 atom stereocenters. The Labute approximate surface area is 86.8 Å². The Balaban J connectivity index is 1.97. The lowest BCUT2D eigenvalue weighted by molar-refractivity contribution is -0.129. The summed E-state index contributed by atoms with van der Waals surface area (Å²) in [5.41, 5.74) is 0.938. The smallest absolute Gasteiger partial charge is 0.224 e. The third kappa shape index (κ3) is 1.23. The highest BCUT2D eigenvalue weighted by atomic mass is 16.2. The van der Waals surface area contributed by atoms with Gasteiger partial charge in [-0.15, -0.1) is 5.11 Å². The fraction of sp³-hybridized carbons (Fsp3) is 0.400. The van der Waals surface area contributed by atoms with Crippen molar-refractivity contribution in [3.8, 4) is 0 Å². The van der Waals surface area contributed by atoms with Crippen LogP contribution in [-0.4, -0.2) is 22.3 Å². The monoisotopic (exact) mass is 202 g/mol. The zero-order valence-corrected chi connectivity index (χ0v) is 8.13. The molecule has 1 fully saturated rings. The number of pyridine rings is 1. The average Bonchev–Trinajstić information content (AvgIpc) is 2.83. The first-order chi connectivity index (χ1) is 7.36. The van der Waals surface area contributed by atoms with Gasteiger partial charge in [0.15, 0.2) is 12.0 Å². The van der Waals surface area contributed by atoms with Crippen LogP contribution in [0.3, 0.4) is 0 Å². The Hall–Kier alpha value is -1.78. The van der Waals surface area contributed by atoms with Crippen LogP contribution >= 0.6 is 0 Å². The van der Waals surface area contributed by atoms with Crippen molar-refractivity contribution >= 4 is 11.7 Å². The fourth-order valence-electron chi connectivity index (χ4n) is 2.02. The highest BCUT2D eigenvalue weighted by Gasteiger charge is 2.33. The number of rotatable bonds is 1. The number of likely N-dealkylation sites (tertiary alicyclic amines) is 1. The minimum Gasteiger partial charge on any atom is -0.315 e. The molecule has 0 aliphatic carbocycles. The second-order valence-corrected chi connectivity index (χ2v) is 3.70. The van der Waals surface area contributed by atoms with Crippen molar-refractivity contribution in [2.24, 2.45) is 10.2 Å². The molecule has 15 heavy (non-hydrogen) atoms. The van der Waals surface area contributed by atoms with Gasteiger partial charge in [-0.25, -0.2) is 4.98 Å². The van der Waals surface area contributed by atoms with Gasteiger partial charge < -0.3 is 4.90 Å². The molecular weight excluding hydrogens is 192 g/mol. The first-order valence-corrected chi connectivity index (χ1v) is 5.01. The van der Waals surface area contributed by atoms with Crippen LogP contribution in [0.5, 0.6) is 0 Å². The third-order valence-corrected chi connectivity index (χ3v) is 2.76. The molecule has 1 saturated heterocycles. The molecule has 2 aliphatic rings. The second kappa shape index (κ2) is 3.12. The highest BCUT2D eigenvalue weighted by Crippen LogP contribution is 2.37. The number of fused-ring (bicyclic) bond motifs is 1. The zero-order chi connectivity index (χ0) is 10.3. The highest BCUT2D eigenvalue weighted by molar-refractivity contribution is 5.78. The van der Waals surface area contributed by atoms with Gasteiger partial charge in [0.25, 0.3) is 0 Å². The first-order valence-electron chi connectivity index (χ1n) is 5.01. The molecule has 3 heterocycles. The Kier molecular flexibility index (Phi) is 1.77. The van der Waals surface area contributed by atoms with Crippen LogP contribution in [0.2, 0.25) is 0 Å². The lowest BCUT2D eigenvalue weighted by atomic mass is 10.2. The van der Waals surface area contributed by atoms with Crippen LogP contribution in [-0.2, 0) is 4.79 Å². The lowest BCUT2D eigenvalue weighted by Gasteiger charge is -2.20. The van der Waals surface area contributed by atoms with Gasteiger partial charge in [0.2, 0.25) is 5.91 Å². The van der Waals surface area contributed by atoms with Crippen molar-refractivity contribution in [1.82, 2.24) is 9.88 Å². The van der Waals surface area contributed by atoms with Crippen LogP contribution < -0.4 is 0 Å². The number of carbonyl (C=O) groups is 1. The molecule has 0 unspecified atom stereocenters. The molecule has 5 heteroatoms. The van der Waals surface area contributed by atoms with E-state index in [1.165, 1.54) is 0 Å². The molecule has 76 valence electrons. The summed E-state index contributed by atoms with van der Waals surface area (Å²) in [6, 6.07) is 3.78. The van der Waals surface area contributed by atoms with E-state index in [9.17, 15) is 4.79 Å². The molecule has 1 amide bonds. The summed E-state index contributed by atoms with van der Waals surface area (Å²) in [5.74, 6) is 0.804. The van der Waals surface area contributed by atoms with E-state index < -0.39 is 0 Å². The standard InChI is InChI=1S/C10H10N4O/c15-8-4-2-6-14(8)10-7-3-1-5-11-9(7)12-13-10/h1,3,5,10H,2,4,6H2/t10-/m0/s1. The van der Waals surface area contributed by atoms with E-state index in [1.807, 2.05) is 12.1 Å². The van der Waals surface area contributed by atoms with Gasteiger partial charge in [-0.1, -0.05) is 0 Å². The van der Waals surface area contributed by atoms with Gasteiger partial charge in [0.1, 0.15) is 0 Å². The quantitative estimate of drug-likeness (QED) is 0.697. The normalized spacial score (nSPS) is 23.6. The van der Waals surface area contributed by atoms with Crippen LogP contribution in [0.1, 0.15) is 24.6 Å². The third-order valence-electron chi connectivity index (χ3n) is 2.76. The summed E-state index contributed by atoms with van der Waals surface area (Å²) in [5, 5.41) is 8.08. The average molecular weight is 202 g/mol. The van der Waals surface area contributed by atoms with Crippen LogP contribution in [0.25, 0.3) is 0 Å². The van der Waals surface area contributed by atoms with E-state index in [4.69, 9.17) is 0 Å². The van der Waals surface area contributed by atoms with Crippen LogP contribution in [0, 0.1) is 0 Å². The van der Waals surface area contributed by atoms with Crippen molar-refractivity contribution < 1.29 is 4.79 Å². The van der Waals surface area contributed by atoms with Crippen molar-refractivity contribution in [1.29, 1.82) is 0 Å². The number of carbonyl (C=O) groups excluding carboxylic acids is 1. The van der Waals surface area contributed by atoms with Crippen LogP contribution in [0.15, 0.2) is 28.6 Å². The Morgan fingerprint density at radius 1 is 1.47 bits per heavy atom. The number of aromatic nitrogens is 1. The largest absolute Gasteiger partial charge is 0.315 e. The van der Waals surface area contributed by atoms with E-state index >= 15 is 0 Å². The molecule has 0 radical (unpaired) electrons. The Bertz CT molecular complexity index is 443. The summed E-state index contributed by atoms with van der Waals surface area (Å²) in [6.07, 6.45) is 3.00. The van der Waals surface area contributed by atoms with Gasteiger partial charge in [-0.2, -0.15) is 5.11 Å². The molecule has 1 aromatic rings. The van der Waals surface area contributed by atoms with Gasteiger partial charge in [0, 0.05) is 24.7 Å². The molecular formula is C10H10N4O. The molecule has 0 bridgehead atoms. The Morgan fingerprint density at radius 2 is 2.40 bits per heavy atom. The van der Waals surface area contributed by atoms with Crippen molar-refractivity contribution in [2.75, 3.05) is 6.54 Å². The SMILES string of the molecule is O=C1CCCN1[C@@H]1N=Nc2ncccc21. The van der Waals surface area contributed by atoms with Gasteiger partial charge in [0.05, 0.1) is 0 Å². The predicted octanol–water partition coefficient (Wildman–Crippen LogP) is 1.80. The predicted molar refractivity (Wildman–Crippen MR) is 52.4 cm³/mol. The summed E-state index contributed by atoms with van der Waals surface area (Å²) in [4.78, 5) is 17.5. The number of nitrogens with zero attached hydrogens (tertiary/aromatic N) is 4. The van der Waals surface area contributed by atoms with Gasteiger partial charge >= 0.3 is 0 Å². The summed E-state index contributed by atoms with van der Waals surface area (Å²) in [6.45, 7) is 0.775. The second-order valence-electron chi connectivity index (χ2n) is 3.70. The molecule has 5 nitrogen and oxygen atoms in total. The minimum atomic E-state index is -0.233. The maximum absolute atomic E-state index is 11.6. The number of hydrogen-bond donors (Lipinski definition) is 0. The topological polar surface area (TPSA) is 57.9 Å². The van der Waals surface area contributed by atoms with E-state index in [0.717, 1.165) is 18.5 Å². The Morgan fingerprint density at radius 3 is 3.20 bits per heavy atom. The molecule has 0 aromatic carbocycles. The first kappa shape index (κ1) is 8.52. The zero-order valence-electron chi connectivity index (χ0n) is 8.13. The fourth-order valence-corrected chi connectivity index (χ4v) is 2.02. The number of amides is 1. The van der Waals surface area contributed by atoms with Gasteiger partial charge in [-0.3, -0.25) is 4.79 Å². The number of azo groups is 1. The van der Waals surface area contributed by atoms with Crippen molar-refractivity contribution in [2.45, 2.75) is 19.0 Å². The summed E-state index contributed by atoms with van der Waals surface area (Å²) in [7, 11) is 0. The number of hydrogen-bond acceptors (Lipinski definition) is 4. The molecule has 0 spiro atoms. The minimum absolute atomic E-state index is 0.163. The maximum atomic E-state index is 11.6.